The van der Waals surface area contributed by atoms with Gasteiger partial charge in [0.25, 0.3) is 5.91 Å². The zero-order valence-electron chi connectivity index (χ0n) is 15.3. The van der Waals surface area contributed by atoms with Gasteiger partial charge in [0.15, 0.2) is 0 Å². The van der Waals surface area contributed by atoms with Crippen molar-refractivity contribution in [2.75, 3.05) is 6.61 Å². The van der Waals surface area contributed by atoms with E-state index in [1.165, 1.54) is 11.6 Å². The van der Waals surface area contributed by atoms with E-state index in [-0.39, 0.29) is 24.9 Å². The zero-order chi connectivity index (χ0) is 19.6. The highest BCUT2D eigenvalue weighted by Gasteiger charge is 2.35. The van der Waals surface area contributed by atoms with Gasteiger partial charge in [-0.05, 0) is 24.7 Å². The fraction of sp³-hybridized carbons (Fsp3) is 0.706. The third-order valence-corrected chi connectivity index (χ3v) is 3.47. The fourth-order valence-electron chi connectivity index (χ4n) is 2.34. The molecule has 8 nitrogen and oxygen atoms in total. The first kappa shape index (κ1) is 23.1. The molecule has 144 valence electrons. The molecule has 4 N–H and O–H groups in total. The van der Waals surface area contributed by atoms with Crippen LogP contribution >= 0.6 is 0 Å². The molecule has 3 atom stereocenters. The highest BCUT2D eigenvalue weighted by atomic mass is 16.5. The van der Waals surface area contributed by atoms with Crippen molar-refractivity contribution in [1.82, 2.24) is 10.8 Å². The Morgan fingerprint density at radius 3 is 2.08 bits per heavy atom. The maximum Gasteiger partial charge on any atom is 0.328 e. The SMILES string of the molecule is C=CCOC(=O)[C@H](CC(C)C)NC(=O)[C@H](CC(C)C)[C@H](O)C(=O)NO. The summed E-state index contributed by atoms with van der Waals surface area (Å²) in [6.45, 7) is 10.9. The summed E-state index contributed by atoms with van der Waals surface area (Å²) in [6, 6.07) is -0.897. The molecule has 0 fully saturated rings. The van der Waals surface area contributed by atoms with Gasteiger partial charge in [0.05, 0.1) is 5.92 Å². The van der Waals surface area contributed by atoms with Crippen molar-refractivity contribution in [2.24, 2.45) is 17.8 Å². The lowest BCUT2D eigenvalue weighted by atomic mass is 9.90. The molecular weight excluding hydrogens is 328 g/mol. The van der Waals surface area contributed by atoms with Crippen LogP contribution in [0.1, 0.15) is 40.5 Å². The molecule has 0 spiro atoms. The number of esters is 1. The molecular formula is C17H30N2O6. The van der Waals surface area contributed by atoms with Gasteiger partial charge in [-0.2, -0.15) is 0 Å². The minimum atomic E-state index is -1.73. The molecule has 0 aliphatic heterocycles. The van der Waals surface area contributed by atoms with Crippen molar-refractivity contribution in [3.63, 3.8) is 0 Å². The number of nitrogens with one attached hydrogen (secondary N) is 2. The molecule has 0 rings (SSSR count). The van der Waals surface area contributed by atoms with E-state index in [9.17, 15) is 19.5 Å². The fourth-order valence-corrected chi connectivity index (χ4v) is 2.34. The lowest BCUT2D eigenvalue weighted by Gasteiger charge is -2.25. The normalized spacial score (nSPS) is 14.6. The van der Waals surface area contributed by atoms with E-state index in [4.69, 9.17) is 9.94 Å². The Balaban J connectivity index is 5.24. The number of ether oxygens (including phenoxy) is 1. The topological polar surface area (TPSA) is 125 Å². The third-order valence-electron chi connectivity index (χ3n) is 3.47. The molecule has 0 aliphatic carbocycles. The highest BCUT2D eigenvalue weighted by molar-refractivity contribution is 5.91. The second-order valence-corrected chi connectivity index (χ2v) is 6.77. The summed E-state index contributed by atoms with van der Waals surface area (Å²) in [5.74, 6) is -3.31. The van der Waals surface area contributed by atoms with Gasteiger partial charge in [-0.3, -0.25) is 14.8 Å². The number of hydrogen-bond donors (Lipinski definition) is 4. The van der Waals surface area contributed by atoms with Gasteiger partial charge < -0.3 is 15.2 Å². The van der Waals surface area contributed by atoms with Crippen LogP contribution in [0, 0.1) is 17.8 Å². The van der Waals surface area contributed by atoms with Gasteiger partial charge >= 0.3 is 5.97 Å². The Hall–Kier alpha value is -1.93. The van der Waals surface area contributed by atoms with Crippen molar-refractivity contribution in [2.45, 2.75) is 52.7 Å². The molecule has 0 aromatic carbocycles. The van der Waals surface area contributed by atoms with Crippen LogP contribution in [0.25, 0.3) is 0 Å². The lowest BCUT2D eigenvalue weighted by Crippen LogP contribution is -2.50. The smallest absolute Gasteiger partial charge is 0.328 e. The summed E-state index contributed by atoms with van der Waals surface area (Å²) in [4.78, 5) is 36.1. The molecule has 0 aliphatic rings. The lowest BCUT2D eigenvalue weighted by molar-refractivity contribution is -0.150. The summed E-state index contributed by atoms with van der Waals surface area (Å²) in [5.41, 5.74) is 1.34. The predicted octanol–water partition coefficient (Wildman–Crippen LogP) is 0.775. The molecule has 0 heterocycles. The number of rotatable bonds is 11. The molecule has 0 aromatic rings. The average Bonchev–Trinajstić information content (AvgIpc) is 2.54. The molecule has 0 unspecified atom stereocenters. The standard InChI is InChI=1S/C17H30N2O6/c1-6-7-25-17(23)13(9-11(4)5)18-15(21)12(8-10(2)3)14(20)16(22)19-24/h6,10-14,20,24H,1,7-9H2,2-5H3,(H,18,21)(H,19,22)/t12-,13+,14+/m1/s1. The predicted molar refractivity (Wildman–Crippen MR) is 91.4 cm³/mol. The summed E-state index contributed by atoms with van der Waals surface area (Å²) < 4.78 is 4.99. The molecule has 0 aromatic heterocycles. The van der Waals surface area contributed by atoms with Crippen molar-refractivity contribution >= 4 is 17.8 Å². The molecule has 0 saturated heterocycles. The van der Waals surface area contributed by atoms with Crippen LogP contribution in [0.3, 0.4) is 0 Å². The first-order valence-electron chi connectivity index (χ1n) is 8.33. The zero-order valence-corrected chi connectivity index (χ0v) is 15.3. The minimum Gasteiger partial charge on any atom is -0.460 e. The Bertz CT molecular complexity index is 464. The number of hydrogen-bond acceptors (Lipinski definition) is 6. The van der Waals surface area contributed by atoms with Crippen molar-refractivity contribution in [3.05, 3.63) is 12.7 Å². The van der Waals surface area contributed by atoms with E-state index in [0.29, 0.717) is 6.42 Å². The number of aliphatic hydroxyl groups is 1. The summed E-state index contributed by atoms with van der Waals surface area (Å²) >= 11 is 0. The Kier molecular flexibility index (Phi) is 10.7. The molecule has 0 bridgehead atoms. The maximum atomic E-state index is 12.6. The van der Waals surface area contributed by atoms with E-state index < -0.39 is 35.8 Å². The van der Waals surface area contributed by atoms with E-state index in [0.717, 1.165) is 0 Å². The van der Waals surface area contributed by atoms with Gasteiger partial charge in [-0.15, -0.1) is 0 Å². The van der Waals surface area contributed by atoms with E-state index in [2.05, 4.69) is 11.9 Å². The van der Waals surface area contributed by atoms with Crippen molar-refractivity contribution in [3.8, 4) is 0 Å². The van der Waals surface area contributed by atoms with Crippen LogP contribution in [0.15, 0.2) is 12.7 Å². The first-order chi connectivity index (χ1) is 11.6. The largest absolute Gasteiger partial charge is 0.460 e. The van der Waals surface area contributed by atoms with Crippen molar-refractivity contribution < 1.29 is 29.4 Å². The highest BCUT2D eigenvalue weighted by Crippen LogP contribution is 2.18. The van der Waals surface area contributed by atoms with Gasteiger partial charge in [0.1, 0.15) is 18.8 Å². The number of carbonyl (C=O) groups is 3. The van der Waals surface area contributed by atoms with Crippen LogP contribution in [-0.2, 0) is 19.1 Å². The number of carbonyl (C=O) groups excluding carboxylic acids is 3. The van der Waals surface area contributed by atoms with Gasteiger partial charge in [0.2, 0.25) is 5.91 Å². The number of hydroxylamine groups is 1. The first-order valence-corrected chi connectivity index (χ1v) is 8.33. The van der Waals surface area contributed by atoms with E-state index >= 15 is 0 Å². The monoisotopic (exact) mass is 358 g/mol. The number of aliphatic hydroxyl groups excluding tert-OH is 1. The Morgan fingerprint density at radius 1 is 1.08 bits per heavy atom. The van der Waals surface area contributed by atoms with Gasteiger partial charge in [-0.1, -0.05) is 40.3 Å². The summed E-state index contributed by atoms with van der Waals surface area (Å²) in [5, 5.41) is 21.2. The molecule has 8 heteroatoms. The molecule has 2 amide bonds. The van der Waals surface area contributed by atoms with Crippen LogP contribution in [-0.4, -0.2) is 46.9 Å². The second-order valence-electron chi connectivity index (χ2n) is 6.77. The van der Waals surface area contributed by atoms with Crippen LogP contribution < -0.4 is 10.8 Å². The second kappa shape index (κ2) is 11.6. The van der Waals surface area contributed by atoms with Gasteiger partial charge in [-0.25, -0.2) is 10.3 Å². The van der Waals surface area contributed by atoms with E-state index in [1.807, 2.05) is 27.7 Å². The van der Waals surface area contributed by atoms with Crippen LogP contribution in [0.2, 0.25) is 0 Å². The quantitative estimate of drug-likeness (QED) is 0.187. The Morgan fingerprint density at radius 2 is 1.64 bits per heavy atom. The molecule has 25 heavy (non-hydrogen) atoms. The van der Waals surface area contributed by atoms with Gasteiger partial charge in [0, 0.05) is 0 Å². The molecule has 0 radical (unpaired) electrons. The third kappa shape index (κ3) is 8.64. The van der Waals surface area contributed by atoms with Crippen molar-refractivity contribution in [1.29, 1.82) is 0 Å². The number of amides is 2. The molecule has 0 saturated carbocycles. The summed E-state index contributed by atoms with van der Waals surface area (Å²) in [6.07, 6.45) is 0.245. The maximum absolute atomic E-state index is 12.6. The average molecular weight is 358 g/mol. The Labute approximate surface area is 148 Å². The minimum absolute atomic E-state index is 0.00755. The van der Waals surface area contributed by atoms with Crippen LogP contribution in [0.5, 0.6) is 0 Å². The van der Waals surface area contributed by atoms with E-state index in [1.54, 1.807) is 0 Å². The summed E-state index contributed by atoms with van der Waals surface area (Å²) in [7, 11) is 0. The van der Waals surface area contributed by atoms with Crippen LogP contribution in [0.4, 0.5) is 0 Å².